The van der Waals surface area contributed by atoms with Crippen molar-refractivity contribution in [2.45, 2.75) is 25.8 Å². The molecule has 0 spiro atoms. The van der Waals surface area contributed by atoms with Crippen molar-refractivity contribution in [2.75, 3.05) is 19.6 Å². The normalized spacial score (nSPS) is 18.7. The summed E-state index contributed by atoms with van der Waals surface area (Å²) >= 11 is 5.73. The number of hydrogen-bond donors (Lipinski definition) is 1. The van der Waals surface area contributed by atoms with Crippen LogP contribution in [0.3, 0.4) is 0 Å². The molecular weight excluding hydrogens is 294 g/mol. The van der Waals surface area contributed by atoms with Crippen LogP contribution in [0.2, 0.25) is 5.02 Å². The van der Waals surface area contributed by atoms with E-state index in [1.54, 1.807) is 0 Å². The molecule has 6 nitrogen and oxygen atoms in total. The fraction of sp³-hybridized carbons (Fsp3) is 0.500. The molecule has 0 saturated carbocycles. The van der Waals surface area contributed by atoms with Crippen molar-refractivity contribution in [3.8, 4) is 0 Å². The second-order valence-corrected chi connectivity index (χ2v) is 5.47. The Hall–Kier alpha value is -1.66. The third-order valence-corrected chi connectivity index (χ3v) is 4.13. The first-order chi connectivity index (χ1) is 10.0. The predicted octanol–water partition coefficient (Wildman–Crippen LogP) is 2.46. The van der Waals surface area contributed by atoms with Crippen LogP contribution in [0.4, 0.5) is 5.69 Å². The van der Waals surface area contributed by atoms with Crippen LogP contribution >= 0.6 is 11.6 Å². The lowest BCUT2D eigenvalue weighted by Gasteiger charge is -2.22. The zero-order valence-corrected chi connectivity index (χ0v) is 12.6. The summed E-state index contributed by atoms with van der Waals surface area (Å²) in [4.78, 5) is 24.7. The second kappa shape index (κ2) is 6.87. The van der Waals surface area contributed by atoms with Crippen molar-refractivity contribution in [1.82, 2.24) is 10.2 Å². The molecule has 1 heterocycles. The zero-order valence-electron chi connectivity index (χ0n) is 11.8. The quantitative estimate of drug-likeness (QED) is 0.669. The van der Waals surface area contributed by atoms with Gasteiger partial charge < -0.3 is 5.32 Å². The van der Waals surface area contributed by atoms with Gasteiger partial charge in [-0.2, -0.15) is 0 Å². The summed E-state index contributed by atoms with van der Waals surface area (Å²) in [5.41, 5.74) is 0.00696. The van der Waals surface area contributed by atoms with Crippen LogP contribution in [0.5, 0.6) is 0 Å². The highest BCUT2D eigenvalue weighted by Gasteiger charge is 2.23. The van der Waals surface area contributed by atoms with Crippen molar-refractivity contribution in [2.24, 2.45) is 0 Å². The molecule has 0 aliphatic carbocycles. The Labute approximate surface area is 128 Å². The fourth-order valence-electron chi connectivity index (χ4n) is 2.65. The molecule has 1 aliphatic rings. The minimum Gasteiger partial charge on any atom is -0.350 e. The average molecular weight is 312 g/mol. The topological polar surface area (TPSA) is 75.5 Å². The minimum absolute atomic E-state index is 0.0319. The third-order valence-electron chi connectivity index (χ3n) is 3.81. The Morgan fingerprint density at radius 3 is 3.00 bits per heavy atom. The molecule has 0 radical (unpaired) electrons. The number of nitrogens with zero attached hydrogens (tertiary/aromatic N) is 2. The highest BCUT2D eigenvalue weighted by molar-refractivity contribution is 6.32. The Morgan fingerprint density at radius 2 is 2.33 bits per heavy atom. The first-order valence-electron chi connectivity index (χ1n) is 6.99. The number of carbonyl (C=O) groups is 1. The number of amides is 1. The van der Waals surface area contributed by atoms with Crippen molar-refractivity contribution < 1.29 is 9.72 Å². The van der Waals surface area contributed by atoms with Gasteiger partial charge in [0.05, 0.1) is 4.92 Å². The Balaban J connectivity index is 2.00. The van der Waals surface area contributed by atoms with Crippen LogP contribution < -0.4 is 5.32 Å². The van der Waals surface area contributed by atoms with Crippen molar-refractivity contribution in [1.29, 1.82) is 0 Å². The van der Waals surface area contributed by atoms with Gasteiger partial charge in [-0.15, -0.1) is 0 Å². The van der Waals surface area contributed by atoms with Crippen LogP contribution in [-0.4, -0.2) is 41.4 Å². The largest absolute Gasteiger partial charge is 0.350 e. The van der Waals surface area contributed by atoms with Gasteiger partial charge >= 0.3 is 0 Å². The highest BCUT2D eigenvalue weighted by atomic mass is 35.5. The van der Waals surface area contributed by atoms with Gasteiger partial charge in [0.2, 0.25) is 0 Å². The van der Waals surface area contributed by atoms with Crippen LogP contribution in [0, 0.1) is 10.1 Å². The second-order valence-electron chi connectivity index (χ2n) is 5.06. The number of nitro benzene ring substituents is 1. The monoisotopic (exact) mass is 311 g/mol. The van der Waals surface area contributed by atoms with Crippen LogP contribution in [0.1, 0.15) is 30.1 Å². The molecule has 1 N–H and O–H groups in total. The molecule has 1 aliphatic heterocycles. The molecule has 1 atom stereocenters. The smallest absolute Gasteiger partial charge is 0.288 e. The first kappa shape index (κ1) is 15.7. The number of nitro groups is 1. The van der Waals surface area contributed by atoms with E-state index in [1.807, 2.05) is 0 Å². The Morgan fingerprint density at radius 1 is 1.57 bits per heavy atom. The first-order valence-corrected chi connectivity index (χ1v) is 7.37. The molecule has 1 aromatic carbocycles. The van der Waals surface area contributed by atoms with Gasteiger partial charge in [-0.05, 0) is 38.1 Å². The number of benzene rings is 1. The SMILES string of the molecule is CCN1CCCC1CNC(=O)c1ccc(Cl)c([N+](=O)[O-])c1. The predicted molar refractivity (Wildman–Crippen MR) is 80.7 cm³/mol. The molecule has 114 valence electrons. The van der Waals surface area contributed by atoms with Crippen LogP contribution in [0.15, 0.2) is 18.2 Å². The van der Waals surface area contributed by atoms with E-state index < -0.39 is 4.92 Å². The minimum atomic E-state index is -0.588. The third kappa shape index (κ3) is 3.71. The molecule has 1 fully saturated rings. The van der Waals surface area contributed by atoms with Crippen molar-refractivity contribution >= 4 is 23.2 Å². The number of likely N-dealkylation sites (tertiary alicyclic amines) is 1. The van der Waals surface area contributed by atoms with Gasteiger partial charge in [0.15, 0.2) is 0 Å². The molecule has 0 aromatic heterocycles. The summed E-state index contributed by atoms with van der Waals surface area (Å²) in [6, 6.07) is 4.43. The summed E-state index contributed by atoms with van der Waals surface area (Å²) in [6.45, 7) is 4.68. The molecule has 1 amide bonds. The van der Waals surface area contributed by atoms with Gasteiger partial charge in [-0.1, -0.05) is 18.5 Å². The maximum Gasteiger partial charge on any atom is 0.288 e. The van der Waals surface area contributed by atoms with Crippen LogP contribution in [-0.2, 0) is 0 Å². The van der Waals surface area contributed by atoms with E-state index in [2.05, 4.69) is 17.1 Å². The fourth-order valence-corrected chi connectivity index (χ4v) is 2.84. The molecular formula is C14H18ClN3O3. The molecule has 1 saturated heterocycles. The summed E-state index contributed by atoms with van der Waals surface area (Å²) in [5.74, 6) is -0.308. The standard InChI is InChI=1S/C14H18ClN3O3/c1-2-17-7-3-4-11(17)9-16-14(19)10-5-6-12(15)13(8-10)18(20)21/h5-6,8,11H,2-4,7,9H2,1H3,(H,16,19). The lowest BCUT2D eigenvalue weighted by atomic mass is 10.1. The van der Waals surface area contributed by atoms with Gasteiger partial charge in [-0.25, -0.2) is 0 Å². The van der Waals surface area contributed by atoms with Gasteiger partial charge in [0.1, 0.15) is 5.02 Å². The van der Waals surface area contributed by atoms with E-state index in [9.17, 15) is 14.9 Å². The summed E-state index contributed by atoms with van der Waals surface area (Å²) in [5, 5.41) is 13.7. The number of likely N-dealkylation sites (N-methyl/N-ethyl adjacent to an activating group) is 1. The van der Waals surface area contributed by atoms with E-state index in [1.165, 1.54) is 18.2 Å². The molecule has 2 rings (SSSR count). The summed E-state index contributed by atoms with van der Waals surface area (Å²) in [7, 11) is 0. The Kier molecular flexibility index (Phi) is 5.14. The van der Waals surface area contributed by atoms with Crippen LogP contribution in [0.25, 0.3) is 0 Å². The van der Waals surface area contributed by atoms with E-state index in [-0.39, 0.29) is 22.2 Å². The Bertz CT molecular complexity index is 550. The number of hydrogen-bond acceptors (Lipinski definition) is 4. The van der Waals surface area contributed by atoms with Gasteiger partial charge in [0, 0.05) is 24.2 Å². The van der Waals surface area contributed by atoms with Crippen molar-refractivity contribution in [3.63, 3.8) is 0 Å². The number of carbonyl (C=O) groups excluding carboxylic acids is 1. The maximum absolute atomic E-state index is 12.1. The van der Waals surface area contributed by atoms with E-state index in [0.717, 1.165) is 25.9 Å². The summed E-state index contributed by atoms with van der Waals surface area (Å²) < 4.78 is 0. The molecule has 0 bridgehead atoms. The van der Waals surface area contributed by atoms with E-state index in [4.69, 9.17) is 11.6 Å². The number of rotatable bonds is 5. The molecule has 21 heavy (non-hydrogen) atoms. The van der Waals surface area contributed by atoms with Crippen molar-refractivity contribution in [3.05, 3.63) is 38.9 Å². The average Bonchev–Trinajstić information content (AvgIpc) is 2.92. The summed E-state index contributed by atoms with van der Waals surface area (Å²) in [6.07, 6.45) is 2.20. The van der Waals surface area contributed by atoms with E-state index in [0.29, 0.717) is 12.6 Å². The van der Waals surface area contributed by atoms with E-state index >= 15 is 0 Å². The highest BCUT2D eigenvalue weighted by Crippen LogP contribution is 2.25. The number of halogens is 1. The zero-order chi connectivity index (χ0) is 15.4. The maximum atomic E-state index is 12.1. The lowest BCUT2D eigenvalue weighted by molar-refractivity contribution is -0.384. The van der Waals surface area contributed by atoms with Gasteiger partial charge in [-0.3, -0.25) is 19.8 Å². The lowest BCUT2D eigenvalue weighted by Crippen LogP contribution is -2.40. The molecule has 1 unspecified atom stereocenters. The number of nitrogens with one attached hydrogen (secondary N) is 1. The molecule has 1 aromatic rings. The molecule has 7 heteroatoms. The van der Waals surface area contributed by atoms with Gasteiger partial charge in [0.25, 0.3) is 11.6 Å².